The van der Waals surface area contributed by atoms with Crippen molar-refractivity contribution in [1.82, 2.24) is 4.40 Å². The van der Waals surface area contributed by atoms with E-state index < -0.39 is 0 Å². The van der Waals surface area contributed by atoms with Gasteiger partial charge in [-0.15, -0.1) is 0 Å². The maximum absolute atomic E-state index is 10.3. The summed E-state index contributed by atoms with van der Waals surface area (Å²) in [6, 6.07) is 57.1. The Morgan fingerprint density at radius 3 is 1.21 bits per heavy atom. The van der Waals surface area contributed by atoms with Crippen LogP contribution in [0, 0.1) is 22.7 Å². The molecule has 0 amide bonds. The van der Waals surface area contributed by atoms with Gasteiger partial charge in [0.15, 0.2) is 0 Å². The largest absolute Gasteiger partial charge is 0.308 e. The minimum absolute atomic E-state index is 0.593. The van der Waals surface area contributed by atoms with Gasteiger partial charge in [0.05, 0.1) is 39.8 Å². The lowest BCUT2D eigenvalue weighted by molar-refractivity contribution is 1.36. The van der Waals surface area contributed by atoms with Crippen LogP contribution in [0.15, 0.2) is 152 Å². The van der Waals surface area contributed by atoms with Crippen molar-refractivity contribution in [3.05, 3.63) is 163 Å². The second-order valence-electron chi connectivity index (χ2n) is 11.9. The molecule has 0 unspecified atom stereocenters. The number of aromatic nitrogens is 1. The van der Waals surface area contributed by atoms with Gasteiger partial charge in [-0.1, -0.05) is 127 Å². The van der Waals surface area contributed by atoms with E-state index in [4.69, 9.17) is 0 Å². The SMILES string of the molecule is N#Cc1cc(-c2ccccc2-c2ccccc2)c2c3cccc4c5c(-c6ccccc6-c6ccccc6)cc(C#N)cc5n(c2c1)c34. The lowest BCUT2D eigenvalue weighted by Gasteiger charge is -2.14. The maximum atomic E-state index is 10.3. The summed E-state index contributed by atoms with van der Waals surface area (Å²) in [5.74, 6) is 0. The lowest BCUT2D eigenvalue weighted by atomic mass is 9.89. The molecule has 3 nitrogen and oxygen atoms in total. The van der Waals surface area contributed by atoms with Crippen molar-refractivity contribution in [2.24, 2.45) is 0 Å². The van der Waals surface area contributed by atoms with Gasteiger partial charge in [0.25, 0.3) is 0 Å². The fourth-order valence-electron chi connectivity index (χ4n) is 7.46. The molecule has 0 atom stereocenters. The fraction of sp³-hybridized carbons (Fsp3) is 0. The number of nitriles is 2. The van der Waals surface area contributed by atoms with Gasteiger partial charge in [-0.25, -0.2) is 0 Å². The minimum atomic E-state index is 0.593. The predicted octanol–water partition coefficient (Wildman–Crippen LogP) is 11.2. The van der Waals surface area contributed by atoms with Gasteiger partial charge in [-0.3, -0.25) is 0 Å². The van der Waals surface area contributed by atoms with E-state index in [1.807, 2.05) is 36.4 Å². The van der Waals surface area contributed by atoms with Crippen LogP contribution < -0.4 is 0 Å². The molecular formula is C44H25N3. The monoisotopic (exact) mass is 595 g/mol. The van der Waals surface area contributed by atoms with Crippen molar-refractivity contribution in [3.63, 3.8) is 0 Å². The van der Waals surface area contributed by atoms with Crippen LogP contribution in [-0.4, -0.2) is 4.40 Å². The van der Waals surface area contributed by atoms with Crippen molar-refractivity contribution >= 4 is 38.1 Å². The summed E-state index contributed by atoms with van der Waals surface area (Å²) in [6.07, 6.45) is 0. The summed E-state index contributed by atoms with van der Waals surface area (Å²) in [6.45, 7) is 0. The van der Waals surface area contributed by atoms with Gasteiger partial charge < -0.3 is 4.40 Å². The topological polar surface area (TPSA) is 52.0 Å². The van der Waals surface area contributed by atoms with Gasteiger partial charge in [-0.2, -0.15) is 10.5 Å². The number of hydrogen-bond donors (Lipinski definition) is 0. The molecule has 9 aromatic rings. The number of hydrogen-bond acceptors (Lipinski definition) is 2. The molecule has 0 bridgehead atoms. The quantitative estimate of drug-likeness (QED) is 0.203. The molecular weight excluding hydrogens is 571 g/mol. The zero-order valence-corrected chi connectivity index (χ0v) is 25.3. The molecule has 2 aromatic heterocycles. The van der Waals surface area contributed by atoms with E-state index in [2.05, 4.69) is 132 Å². The third-order valence-electron chi connectivity index (χ3n) is 9.38. The Morgan fingerprint density at radius 1 is 0.383 bits per heavy atom. The number of para-hydroxylation sites is 1. The Kier molecular flexibility index (Phi) is 5.94. The van der Waals surface area contributed by atoms with Crippen LogP contribution >= 0.6 is 0 Å². The molecule has 9 rings (SSSR count). The Labute approximate surface area is 271 Å². The second-order valence-corrected chi connectivity index (χ2v) is 11.9. The van der Waals surface area contributed by atoms with Crippen molar-refractivity contribution in [2.45, 2.75) is 0 Å². The van der Waals surface area contributed by atoms with Crippen LogP contribution in [0.4, 0.5) is 0 Å². The van der Waals surface area contributed by atoms with E-state index in [9.17, 15) is 10.5 Å². The maximum Gasteiger partial charge on any atom is 0.0992 e. The molecule has 0 fully saturated rings. The third kappa shape index (κ3) is 3.98. The summed E-state index contributed by atoms with van der Waals surface area (Å²) < 4.78 is 2.28. The molecule has 2 heterocycles. The molecule has 7 aromatic carbocycles. The van der Waals surface area contributed by atoms with Gasteiger partial charge in [0.2, 0.25) is 0 Å². The molecule has 0 aliphatic heterocycles. The first kappa shape index (κ1) is 26.7. The van der Waals surface area contributed by atoms with Crippen LogP contribution in [0.25, 0.3) is 82.6 Å². The standard InChI is InChI=1S/C44H25N3/c45-26-28-22-38(34-18-9-7-16-32(34)30-12-3-1-4-13-30)42-36-20-11-21-37-43-39(35-19-10-8-17-33(35)31-14-5-2-6-15-31)23-29(27-46)25-41(43)47(44(36)37)40(42)24-28/h1-25H. The summed E-state index contributed by atoms with van der Waals surface area (Å²) in [7, 11) is 0. The second kappa shape index (κ2) is 10.5. The summed E-state index contributed by atoms with van der Waals surface area (Å²) in [5.41, 5.74) is 12.9. The van der Waals surface area contributed by atoms with Crippen LogP contribution in [0.5, 0.6) is 0 Å². The molecule has 47 heavy (non-hydrogen) atoms. The summed E-state index contributed by atoms with van der Waals surface area (Å²) >= 11 is 0. The molecule has 0 aliphatic carbocycles. The van der Waals surface area contributed by atoms with Gasteiger partial charge >= 0.3 is 0 Å². The van der Waals surface area contributed by atoms with Crippen molar-refractivity contribution in [1.29, 1.82) is 10.5 Å². The van der Waals surface area contributed by atoms with Crippen LogP contribution in [0.3, 0.4) is 0 Å². The van der Waals surface area contributed by atoms with E-state index >= 15 is 0 Å². The predicted molar refractivity (Wildman–Crippen MR) is 192 cm³/mol. The Bertz CT molecular complexity index is 2550. The number of nitrogens with zero attached hydrogens (tertiary/aromatic N) is 3. The number of rotatable bonds is 4. The van der Waals surface area contributed by atoms with E-state index in [0.29, 0.717) is 11.1 Å². The molecule has 0 saturated carbocycles. The van der Waals surface area contributed by atoms with Crippen LogP contribution in [0.1, 0.15) is 11.1 Å². The average molecular weight is 596 g/mol. The first-order chi connectivity index (χ1) is 23.2. The zero-order valence-electron chi connectivity index (χ0n) is 25.3. The molecule has 0 radical (unpaired) electrons. The fourth-order valence-corrected chi connectivity index (χ4v) is 7.46. The van der Waals surface area contributed by atoms with Gasteiger partial charge in [0, 0.05) is 21.5 Å². The molecule has 216 valence electrons. The van der Waals surface area contributed by atoms with E-state index in [1.165, 1.54) is 0 Å². The summed E-state index contributed by atoms with van der Waals surface area (Å²) in [5, 5.41) is 25.1. The highest BCUT2D eigenvalue weighted by Crippen LogP contribution is 2.48. The molecule has 0 saturated heterocycles. The van der Waals surface area contributed by atoms with Crippen molar-refractivity contribution in [2.75, 3.05) is 0 Å². The van der Waals surface area contributed by atoms with E-state index in [0.717, 1.165) is 82.6 Å². The lowest BCUT2D eigenvalue weighted by Crippen LogP contribution is -1.91. The first-order valence-corrected chi connectivity index (χ1v) is 15.6. The van der Waals surface area contributed by atoms with Crippen molar-refractivity contribution < 1.29 is 0 Å². The number of benzene rings is 7. The van der Waals surface area contributed by atoms with Gasteiger partial charge in [0.1, 0.15) is 0 Å². The Morgan fingerprint density at radius 2 is 0.787 bits per heavy atom. The Hall–Kier alpha value is -6.68. The summed E-state index contributed by atoms with van der Waals surface area (Å²) in [4.78, 5) is 0. The van der Waals surface area contributed by atoms with Crippen molar-refractivity contribution in [3.8, 4) is 56.6 Å². The van der Waals surface area contributed by atoms with Crippen LogP contribution in [-0.2, 0) is 0 Å². The normalized spacial score (nSPS) is 11.4. The van der Waals surface area contributed by atoms with Crippen LogP contribution in [0.2, 0.25) is 0 Å². The third-order valence-corrected chi connectivity index (χ3v) is 9.38. The first-order valence-electron chi connectivity index (χ1n) is 15.6. The minimum Gasteiger partial charge on any atom is -0.308 e. The van der Waals surface area contributed by atoms with E-state index in [1.54, 1.807) is 0 Å². The number of fused-ring (bicyclic) bond motifs is 6. The van der Waals surface area contributed by atoms with E-state index in [-0.39, 0.29) is 0 Å². The smallest absolute Gasteiger partial charge is 0.0992 e. The van der Waals surface area contributed by atoms with Gasteiger partial charge in [-0.05, 0) is 68.8 Å². The molecule has 0 spiro atoms. The highest BCUT2D eigenvalue weighted by Gasteiger charge is 2.24. The highest BCUT2D eigenvalue weighted by molar-refractivity contribution is 6.28. The average Bonchev–Trinajstić information content (AvgIpc) is 3.67. The Balaban J connectivity index is 1.43. The highest BCUT2D eigenvalue weighted by atomic mass is 14.9. The molecule has 0 aliphatic rings. The molecule has 3 heteroatoms. The zero-order chi connectivity index (χ0) is 31.5. The molecule has 0 N–H and O–H groups in total.